The zero-order valence-corrected chi connectivity index (χ0v) is 12.8. The molecule has 5 nitrogen and oxygen atoms in total. The molecule has 0 saturated heterocycles. The van der Waals surface area contributed by atoms with Crippen LogP contribution in [0.2, 0.25) is 0 Å². The van der Waals surface area contributed by atoms with E-state index in [9.17, 15) is 9.59 Å². The van der Waals surface area contributed by atoms with Gasteiger partial charge in [0.05, 0.1) is 0 Å². The molecule has 0 aliphatic heterocycles. The van der Waals surface area contributed by atoms with Crippen molar-refractivity contribution in [2.75, 3.05) is 0 Å². The molecule has 0 aromatic heterocycles. The van der Waals surface area contributed by atoms with Crippen LogP contribution in [0.5, 0.6) is 0 Å². The molecule has 0 radical (unpaired) electrons. The van der Waals surface area contributed by atoms with Crippen molar-refractivity contribution in [3.8, 4) is 0 Å². The average molecular weight is 292 g/mol. The minimum Gasteiger partial charge on any atom is -0.480 e. The summed E-state index contributed by atoms with van der Waals surface area (Å²) in [7, 11) is 0. The highest BCUT2D eigenvalue weighted by molar-refractivity contribution is 5.82. The highest BCUT2D eigenvalue weighted by Crippen LogP contribution is 2.21. The van der Waals surface area contributed by atoms with Crippen LogP contribution >= 0.6 is 0 Å². The largest absolute Gasteiger partial charge is 0.480 e. The Morgan fingerprint density at radius 2 is 1.81 bits per heavy atom. The lowest BCUT2D eigenvalue weighted by Crippen LogP contribution is -2.46. The number of benzene rings is 1. The fourth-order valence-corrected chi connectivity index (χ4v) is 1.82. The molecular weight excluding hydrogens is 268 g/mol. The maximum atomic E-state index is 11.8. The molecule has 0 heterocycles. The van der Waals surface area contributed by atoms with Crippen molar-refractivity contribution in [1.82, 2.24) is 10.6 Å². The molecular formula is C16H24N2O3. The number of rotatable bonds is 6. The molecule has 0 fully saturated rings. The van der Waals surface area contributed by atoms with E-state index in [0.717, 1.165) is 12.0 Å². The second-order valence-corrected chi connectivity index (χ2v) is 6.30. The van der Waals surface area contributed by atoms with Gasteiger partial charge in [-0.1, -0.05) is 51.1 Å². The number of carbonyl (C=O) groups is 2. The Morgan fingerprint density at radius 1 is 1.19 bits per heavy atom. The van der Waals surface area contributed by atoms with Crippen LogP contribution in [-0.2, 0) is 11.3 Å². The molecule has 0 bridgehead atoms. The third kappa shape index (κ3) is 7.34. The summed E-state index contributed by atoms with van der Waals surface area (Å²) in [4.78, 5) is 23.0. The molecule has 0 unspecified atom stereocenters. The quantitative estimate of drug-likeness (QED) is 0.754. The minimum atomic E-state index is -1.01. The number of nitrogens with one attached hydrogen (secondary N) is 2. The van der Waals surface area contributed by atoms with Crippen LogP contribution in [0.25, 0.3) is 0 Å². The SMILES string of the molecule is CC(C)(C)CC[C@H](NC(=O)NCc1ccccc1)C(=O)O. The van der Waals surface area contributed by atoms with Crippen molar-refractivity contribution in [3.63, 3.8) is 0 Å². The van der Waals surface area contributed by atoms with Crippen LogP contribution in [0, 0.1) is 5.41 Å². The summed E-state index contributed by atoms with van der Waals surface area (Å²) in [6.45, 7) is 6.50. The third-order valence-electron chi connectivity index (χ3n) is 3.08. The van der Waals surface area contributed by atoms with Gasteiger partial charge in [0.15, 0.2) is 0 Å². The average Bonchev–Trinajstić information content (AvgIpc) is 2.41. The monoisotopic (exact) mass is 292 g/mol. The summed E-state index contributed by atoms with van der Waals surface area (Å²) in [6.07, 6.45) is 1.14. The van der Waals surface area contributed by atoms with Crippen LogP contribution in [0.1, 0.15) is 39.2 Å². The van der Waals surface area contributed by atoms with Crippen molar-refractivity contribution in [2.24, 2.45) is 5.41 Å². The molecule has 2 amide bonds. The van der Waals surface area contributed by atoms with Crippen molar-refractivity contribution < 1.29 is 14.7 Å². The van der Waals surface area contributed by atoms with Crippen molar-refractivity contribution in [3.05, 3.63) is 35.9 Å². The number of carboxylic acids is 1. The molecule has 0 aliphatic rings. The van der Waals surface area contributed by atoms with Crippen molar-refractivity contribution in [2.45, 2.75) is 46.2 Å². The van der Waals surface area contributed by atoms with E-state index in [1.165, 1.54) is 0 Å². The fraction of sp³-hybridized carbons (Fsp3) is 0.500. The van der Waals surface area contributed by atoms with E-state index in [0.29, 0.717) is 13.0 Å². The third-order valence-corrected chi connectivity index (χ3v) is 3.08. The number of carbonyl (C=O) groups excluding carboxylic acids is 1. The van der Waals surface area contributed by atoms with E-state index < -0.39 is 18.0 Å². The summed E-state index contributed by atoms with van der Waals surface area (Å²) in [6, 6.07) is 8.15. The molecule has 1 aromatic rings. The minimum absolute atomic E-state index is 0.0376. The first-order valence-corrected chi connectivity index (χ1v) is 7.09. The van der Waals surface area contributed by atoms with Gasteiger partial charge in [-0.25, -0.2) is 9.59 Å². The first kappa shape index (κ1) is 17.0. The lowest BCUT2D eigenvalue weighted by molar-refractivity contribution is -0.139. The zero-order valence-electron chi connectivity index (χ0n) is 12.8. The topological polar surface area (TPSA) is 78.4 Å². The van der Waals surface area contributed by atoms with E-state index in [2.05, 4.69) is 10.6 Å². The van der Waals surface area contributed by atoms with Gasteiger partial charge >= 0.3 is 12.0 Å². The van der Waals surface area contributed by atoms with Gasteiger partial charge in [-0.15, -0.1) is 0 Å². The molecule has 1 atom stereocenters. The lowest BCUT2D eigenvalue weighted by Gasteiger charge is -2.21. The van der Waals surface area contributed by atoms with Gasteiger partial charge in [-0.05, 0) is 23.8 Å². The Morgan fingerprint density at radius 3 is 2.33 bits per heavy atom. The van der Waals surface area contributed by atoms with E-state index >= 15 is 0 Å². The molecule has 3 N–H and O–H groups in total. The van der Waals surface area contributed by atoms with E-state index in [-0.39, 0.29) is 5.41 Å². The van der Waals surface area contributed by atoms with Gasteiger partial charge in [-0.2, -0.15) is 0 Å². The number of amides is 2. The van der Waals surface area contributed by atoms with Gasteiger partial charge in [0.1, 0.15) is 6.04 Å². The maximum Gasteiger partial charge on any atom is 0.326 e. The normalized spacial score (nSPS) is 12.5. The Bertz CT molecular complexity index is 466. The molecule has 1 rings (SSSR count). The van der Waals surface area contributed by atoms with Crippen LogP contribution in [0.15, 0.2) is 30.3 Å². The molecule has 5 heteroatoms. The van der Waals surface area contributed by atoms with Gasteiger partial charge in [0.25, 0.3) is 0 Å². The van der Waals surface area contributed by atoms with Crippen LogP contribution < -0.4 is 10.6 Å². The zero-order chi connectivity index (χ0) is 15.9. The van der Waals surface area contributed by atoms with Crippen molar-refractivity contribution >= 4 is 12.0 Å². The first-order chi connectivity index (χ1) is 9.78. The van der Waals surface area contributed by atoms with Crippen LogP contribution in [-0.4, -0.2) is 23.1 Å². The number of aliphatic carboxylic acids is 1. The Hall–Kier alpha value is -2.04. The number of hydrogen-bond acceptors (Lipinski definition) is 2. The Kier molecular flexibility index (Phi) is 6.21. The van der Waals surface area contributed by atoms with Crippen molar-refractivity contribution in [1.29, 1.82) is 0 Å². The summed E-state index contributed by atoms with van der Waals surface area (Å²) in [5.41, 5.74) is 1.00. The highest BCUT2D eigenvalue weighted by Gasteiger charge is 2.22. The second kappa shape index (κ2) is 7.67. The highest BCUT2D eigenvalue weighted by atomic mass is 16.4. The first-order valence-electron chi connectivity index (χ1n) is 7.09. The van der Waals surface area contributed by atoms with E-state index in [1.807, 2.05) is 51.1 Å². The summed E-state index contributed by atoms with van der Waals surface area (Å²) >= 11 is 0. The molecule has 0 saturated carbocycles. The molecule has 1 aromatic carbocycles. The molecule has 116 valence electrons. The van der Waals surface area contributed by atoms with Gasteiger partial charge < -0.3 is 15.7 Å². The smallest absolute Gasteiger partial charge is 0.326 e. The standard InChI is InChI=1S/C16H24N2O3/c1-16(2,3)10-9-13(14(19)20)18-15(21)17-11-12-7-5-4-6-8-12/h4-8,13H,9-11H2,1-3H3,(H,19,20)(H2,17,18,21)/t13-/m0/s1. The number of urea groups is 1. The maximum absolute atomic E-state index is 11.8. The number of hydrogen-bond donors (Lipinski definition) is 3. The van der Waals surface area contributed by atoms with Gasteiger partial charge in [0, 0.05) is 6.54 Å². The molecule has 21 heavy (non-hydrogen) atoms. The van der Waals surface area contributed by atoms with Crippen LogP contribution in [0.3, 0.4) is 0 Å². The summed E-state index contributed by atoms with van der Waals surface area (Å²) in [5.74, 6) is -1.01. The predicted molar refractivity (Wildman–Crippen MR) is 81.9 cm³/mol. The molecule has 0 spiro atoms. The van der Waals surface area contributed by atoms with Crippen LogP contribution in [0.4, 0.5) is 4.79 Å². The van der Waals surface area contributed by atoms with Gasteiger partial charge in [-0.3, -0.25) is 0 Å². The Balaban J connectivity index is 2.43. The van der Waals surface area contributed by atoms with E-state index in [1.54, 1.807) is 0 Å². The fourth-order valence-electron chi connectivity index (χ4n) is 1.82. The Labute approximate surface area is 125 Å². The lowest BCUT2D eigenvalue weighted by atomic mass is 9.89. The number of carboxylic acid groups (broad SMARTS) is 1. The van der Waals surface area contributed by atoms with Gasteiger partial charge in [0.2, 0.25) is 0 Å². The summed E-state index contributed by atoms with van der Waals surface area (Å²) in [5, 5.41) is 14.3. The second-order valence-electron chi connectivity index (χ2n) is 6.30. The summed E-state index contributed by atoms with van der Waals surface area (Å²) < 4.78 is 0. The molecule has 0 aliphatic carbocycles. The van der Waals surface area contributed by atoms with E-state index in [4.69, 9.17) is 5.11 Å². The predicted octanol–water partition coefficient (Wildman–Crippen LogP) is 2.77.